The molecule has 0 radical (unpaired) electrons. The molecule has 3 aromatic rings. The largest absolute Gasteiger partial charge is 0.497 e. The monoisotopic (exact) mass is 324 g/mol. The minimum Gasteiger partial charge on any atom is -0.497 e. The zero-order valence-electron chi connectivity index (χ0n) is 13.5. The van der Waals surface area contributed by atoms with E-state index in [9.17, 15) is 4.79 Å². The van der Waals surface area contributed by atoms with Gasteiger partial charge in [0.2, 0.25) is 0 Å². The number of urea groups is 1. The van der Waals surface area contributed by atoms with Crippen LogP contribution in [0.1, 0.15) is 6.42 Å². The van der Waals surface area contributed by atoms with E-state index in [1.807, 2.05) is 42.6 Å². The second-order valence-electron chi connectivity index (χ2n) is 5.39. The molecule has 0 bridgehead atoms. The van der Waals surface area contributed by atoms with E-state index < -0.39 is 0 Å². The summed E-state index contributed by atoms with van der Waals surface area (Å²) in [5.41, 5.74) is 1.67. The third kappa shape index (κ3) is 3.84. The number of amides is 2. The minimum absolute atomic E-state index is 0.223. The van der Waals surface area contributed by atoms with Gasteiger partial charge in [0, 0.05) is 42.6 Å². The molecule has 0 spiro atoms. The molecule has 24 heavy (non-hydrogen) atoms. The summed E-state index contributed by atoms with van der Waals surface area (Å²) in [6.45, 7) is 1.39. The predicted molar refractivity (Wildman–Crippen MR) is 94.4 cm³/mol. The average molecular weight is 324 g/mol. The Labute approximate surface area is 140 Å². The van der Waals surface area contributed by atoms with Crippen molar-refractivity contribution in [2.75, 3.05) is 19.0 Å². The van der Waals surface area contributed by atoms with Crippen LogP contribution in [0.25, 0.3) is 11.0 Å². The Morgan fingerprint density at radius 3 is 3.04 bits per heavy atom. The lowest BCUT2D eigenvalue weighted by Gasteiger charge is -2.09. The summed E-state index contributed by atoms with van der Waals surface area (Å²) < 4.78 is 7.23. The summed E-state index contributed by atoms with van der Waals surface area (Å²) in [7, 11) is 1.60. The lowest BCUT2D eigenvalue weighted by atomic mass is 10.3. The van der Waals surface area contributed by atoms with Gasteiger partial charge in [-0.1, -0.05) is 6.07 Å². The number of benzene rings is 1. The molecule has 2 heterocycles. The van der Waals surface area contributed by atoms with Crippen molar-refractivity contribution in [1.82, 2.24) is 14.9 Å². The van der Waals surface area contributed by atoms with Gasteiger partial charge in [-0.05, 0) is 36.8 Å². The maximum absolute atomic E-state index is 11.9. The Kier molecular flexibility index (Phi) is 4.96. The second kappa shape index (κ2) is 7.50. The molecule has 2 N–H and O–H groups in total. The van der Waals surface area contributed by atoms with Crippen molar-refractivity contribution >= 4 is 22.8 Å². The molecule has 124 valence electrons. The highest BCUT2D eigenvalue weighted by Gasteiger charge is 2.04. The van der Waals surface area contributed by atoms with Crippen LogP contribution in [0.4, 0.5) is 10.5 Å². The number of anilines is 1. The first kappa shape index (κ1) is 15.9. The number of carbonyl (C=O) groups excluding carboxylic acids is 1. The van der Waals surface area contributed by atoms with Gasteiger partial charge in [0.25, 0.3) is 0 Å². The molecular weight excluding hydrogens is 304 g/mol. The van der Waals surface area contributed by atoms with Gasteiger partial charge < -0.3 is 19.9 Å². The molecule has 1 aromatic carbocycles. The Morgan fingerprint density at radius 2 is 2.17 bits per heavy atom. The number of nitrogens with zero attached hydrogens (tertiary/aromatic N) is 2. The molecule has 6 nitrogen and oxygen atoms in total. The van der Waals surface area contributed by atoms with Gasteiger partial charge in [-0.2, -0.15) is 0 Å². The number of fused-ring (bicyclic) bond motifs is 1. The first-order valence-electron chi connectivity index (χ1n) is 7.85. The number of nitrogens with one attached hydrogen (secondary N) is 2. The van der Waals surface area contributed by atoms with Crippen LogP contribution >= 0.6 is 0 Å². The molecule has 6 heteroatoms. The van der Waals surface area contributed by atoms with E-state index in [-0.39, 0.29) is 6.03 Å². The number of aromatic nitrogens is 2. The smallest absolute Gasteiger partial charge is 0.319 e. The van der Waals surface area contributed by atoms with Crippen molar-refractivity contribution in [3.8, 4) is 5.75 Å². The SMILES string of the molecule is COc1cccc(NC(=O)NCCCn2ccc3cccnc32)c1. The molecule has 0 aliphatic rings. The van der Waals surface area contributed by atoms with Crippen LogP contribution < -0.4 is 15.4 Å². The maximum Gasteiger partial charge on any atom is 0.319 e. The summed E-state index contributed by atoms with van der Waals surface area (Å²) in [5, 5.41) is 6.77. The highest BCUT2D eigenvalue weighted by molar-refractivity contribution is 5.89. The van der Waals surface area contributed by atoms with E-state index in [1.54, 1.807) is 19.4 Å². The van der Waals surface area contributed by atoms with Gasteiger partial charge in [-0.25, -0.2) is 9.78 Å². The third-order valence-corrected chi connectivity index (χ3v) is 3.71. The number of pyridine rings is 1. The minimum atomic E-state index is -0.223. The van der Waals surface area contributed by atoms with Gasteiger partial charge in [0.05, 0.1) is 7.11 Å². The van der Waals surface area contributed by atoms with Crippen molar-refractivity contribution in [2.24, 2.45) is 0 Å². The molecular formula is C18H20N4O2. The second-order valence-corrected chi connectivity index (χ2v) is 5.39. The fraction of sp³-hybridized carbons (Fsp3) is 0.222. The summed E-state index contributed by atoms with van der Waals surface area (Å²) in [4.78, 5) is 16.3. The number of carbonyl (C=O) groups is 1. The Hall–Kier alpha value is -3.02. The van der Waals surface area contributed by atoms with E-state index in [4.69, 9.17) is 4.74 Å². The molecule has 2 amide bonds. The molecule has 2 aromatic heterocycles. The van der Waals surface area contributed by atoms with Crippen LogP contribution in [0, 0.1) is 0 Å². The fourth-order valence-electron chi connectivity index (χ4n) is 2.53. The summed E-state index contributed by atoms with van der Waals surface area (Å²) >= 11 is 0. The first-order valence-corrected chi connectivity index (χ1v) is 7.85. The molecule has 0 unspecified atom stereocenters. The van der Waals surface area contributed by atoms with Gasteiger partial charge in [-0.15, -0.1) is 0 Å². The topological polar surface area (TPSA) is 68.2 Å². The summed E-state index contributed by atoms with van der Waals surface area (Å²) in [6, 6.07) is 13.0. The highest BCUT2D eigenvalue weighted by atomic mass is 16.5. The molecule has 0 atom stereocenters. The quantitative estimate of drug-likeness (QED) is 0.684. The molecule has 0 saturated carbocycles. The Bertz CT molecular complexity index is 829. The molecule has 0 aliphatic carbocycles. The summed E-state index contributed by atoms with van der Waals surface area (Å²) in [5.74, 6) is 0.708. The van der Waals surface area contributed by atoms with Crippen LogP contribution in [-0.4, -0.2) is 29.2 Å². The number of rotatable bonds is 6. The fourth-order valence-corrected chi connectivity index (χ4v) is 2.53. The van der Waals surface area contributed by atoms with Gasteiger partial charge in [-0.3, -0.25) is 0 Å². The number of hydrogen-bond donors (Lipinski definition) is 2. The van der Waals surface area contributed by atoms with Gasteiger partial charge in [0.1, 0.15) is 11.4 Å². The van der Waals surface area contributed by atoms with Crippen molar-refractivity contribution in [1.29, 1.82) is 0 Å². The zero-order valence-corrected chi connectivity index (χ0v) is 13.5. The van der Waals surface area contributed by atoms with E-state index >= 15 is 0 Å². The normalized spacial score (nSPS) is 10.5. The molecule has 3 rings (SSSR count). The lowest BCUT2D eigenvalue weighted by molar-refractivity contribution is 0.252. The van der Waals surface area contributed by atoms with Crippen LogP contribution in [0.15, 0.2) is 54.9 Å². The van der Waals surface area contributed by atoms with E-state index in [0.29, 0.717) is 18.0 Å². The van der Waals surface area contributed by atoms with Crippen LogP contribution in [0.2, 0.25) is 0 Å². The summed E-state index contributed by atoms with van der Waals surface area (Å²) in [6.07, 6.45) is 4.64. The van der Waals surface area contributed by atoms with Crippen LogP contribution in [-0.2, 0) is 6.54 Å². The molecule has 0 aliphatic heterocycles. The molecule has 0 saturated heterocycles. The lowest BCUT2D eigenvalue weighted by Crippen LogP contribution is -2.30. The van der Waals surface area contributed by atoms with Crippen molar-refractivity contribution < 1.29 is 9.53 Å². The first-order chi connectivity index (χ1) is 11.8. The number of methoxy groups -OCH3 is 1. The maximum atomic E-state index is 11.9. The van der Waals surface area contributed by atoms with E-state index in [1.165, 1.54) is 0 Å². The van der Waals surface area contributed by atoms with E-state index in [2.05, 4.69) is 20.2 Å². The van der Waals surface area contributed by atoms with Gasteiger partial charge >= 0.3 is 6.03 Å². The standard InChI is InChI=1S/C18H20N4O2/c1-24-16-7-2-6-15(13-16)21-18(23)20-10-4-11-22-12-8-14-5-3-9-19-17(14)22/h2-3,5-9,12-13H,4,10-11H2,1H3,(H2,20,21,23). The predicted octanol–water partition coefficient (Wildman–Crippen LogP) is 3.26. The van der Waals surface area contributed by atoms with Crippen LogP contribution in [0.3, 0.4) is 0 Å². The zero-order chi connectivity index (χ0) is 16.8. The van der Waals surface area contributed by atoms with E-state index in [0.717, 1.165) is 24.0 Å². The number of hydrogen-bond acceptors (Lipinski definition) is 3. The van der Waals surface area contributed by atoms with Crippen molar-refractivity contribution in [3.63, 3.8) is 0 Å². The number of ether oxygens (including phenoxy) is 1. The van der Waals surface area contributed by atoms with Gasteiger partial charge in [0.15, 0.2) is 0 Å². The Balaban J connectivity index is 1.45. The highest BCUT2D eigenvalue weighted by Crippen LogP contribution is 2.16. The van der Waals surface area contributed by atoms with Crippen molar-refractivity contribution in [3.05, 3.63) is 54.9 Å². The average Bonchev–Trinajstić information content (AvgIpc) is 3.02. The third-order valence-electron chi connectivity index (χ3n) is 3.71. The Morgan fingerprint density at radius 1 is 1.25 bits per heavy atom. The van der Waals surface area contributed by atoms with Crippen molar-refractivity contribution in [2.45, 2.75) is 13.0 Å². The molecule has 0 fully saturated rings. The van der Waals surface area contributed by atoms with Crippen LogP contribution in [0.5, 0.6) is 5.75 Å². The number of aryl methyl sites for hydroxylation is 1.